The van der Waals surface area contributed by atoms with Crippen molar-refractivity contribution in [1.29, 1.82) is 5.26 Å². The van der Waals surface area contributed by atoms with Crippen LogP contribution in [0.3, 0.4) is 0 Å². The first-order chi connectivity index (χ1) is 7.17. The molecular weight excluding hydrogens is 230 g/mol. The van der Waals surface area contributed by atoms with Crippen LogP contribution in [0.5, 0.6) is 0 Å². The van der Waals surface area contributed by atoms with Gasteiger partial charge in [-0.25, -0.2) is 0 Å². The number of hydrogen-bond acceptors (Lipinski definition) is 3. The number of amidine groups is 1. The van der Waals surface area contributed by atoms with E-state index in [4.69, 9.17) is 16.9 Å². The minimum atomic E-state index is 0.553. The quantitative estimate of drug-likeness (QED) is 0.465. The molecule has 0 radical (unpaired) electrons. The Bertz CT molecular complexity index is 423. The molecule has 0 aromatic heterocycles. The van der Waals surface area contributed by atoms with Crippen molar-refractivity contribution < 1.29 is 0 Å². The van der Waals surface area contributed by atoms with Gasteiger partial charge in [0, 0.05) is 10.7 Å². The Morgan fingerprint density at radius 3 is 2.87 bits per heavy atom. The smallest absolute Gasteiger partial charge is 0.208 e. The van der Waals surface area contributed by atoms with Gasteiger partial charge in [0.05, 0.1) is 0 Å². The fourth-order valence-electron chi connectivity index (χ4n) is 0.964. The SMILES string of the molecule is CS/C(=N\C#N)Nc1ccc(C)c(Cl)c1. The highest BCUT2D eigenvalue weighted by atomic mass is 35.5. The minimum Gasteiger partial charge on any atom is -0.334 e. The van der Waals surface area contributed by atoms with Crippen LogP contribution in [0.2, 0.25) is 5.02 Å². The summed E-state index contributed by atoms with van der Waals surface area (Å²) < 4.78 is 0. The van der Waals surface area contributed by atoms with Gasteiger partial charge in [-0.3, -0.25) is 0 Å². The van der Waals surface area contributed by atoms with Crippen LogP contribution in [0, 0.1) is 18.4 Å². The lowest BCUT2D eigenvalue weighted by Gasteiger charge is -2.07. The van der Waals surface area contributed by atoms with Gasteiger partial charge in [0.15, 0.2) is 5.17 Å². The first-order valence-corrected chi connectivity index (χ1v) is 5.81. The standard InChI is InChI=1S/C10H10ClN3S/c1-7-3-4-8(5-9(7)11)14-10(15-2)13-6-12/h3-5H,1-2H3,(H,13,14). The molecule has 78 valence electrons. The topological polar surface area (TPSA) is 48.2 Å². The summed E-state index contributed by atoms with van der Waals surface area (Å²) in [6.07, 6.45) is 3.58. The molecule has 3 nitrogen and oxygen atoms in total. The van der Waals surface area contributed by atoms with Gasteiger partial charge >= 0.3 is 0 Å². The van der Waals surface area contributed by atoms with E-state index in [1.807, 2.05) is 25.3 Å². The van der Waals surface area contributed by atoms with Crippen molar-refractivity contribution >= 4 is 34.2 Å². The van der Waals surface area contributed by atoms with Gasteiger partial charge in [0.2, 0.25) is 6.19 Å². The molecule has 0 heterocycles. The second-order valence-corrected chi connectivity index (χ2v) is 4.01. The Kier molecular flexibility index (Phi) is 4.47. The second kappa shape index (κ2) is 5.64. The minimum absolute atomic E-state index is 0.553. The van der Waals surface area contributed by atoms with Crippen molar-refractivity contribution in [2.75, 3.05) is 11.6 Å². The van der Waals surface area contributed by atoms with E-state index >= 15 is 0 Å². The highest BCUT2D eigenvalue weighted by Gasteiger charge is 2.00. The molecule has 0 aliphatic rings. The third kappa shape index (κ3) is 3.46. The highest BCUT2D eigenvalue weighted by molar-refractivity contribution is 8.13. The van der Waals surface area contributed by atoms with Gasteiger partial charge in [-0.05, 0) is 30.9 Å². The molecule has 0 aliphatic carbocycles. The first kappa shape index (κ1) is 11.9. The Balaban J connectivity index is 2.86. The molecular formula is C10H10ClN3S. The van der Waals surface area contributed by atoms with Crippen LogP contribution in [0.1, 0.15) is 5.56 Å². The third-order valence-corrected chi connectivity index (χ3v) is 2.76. The predicted molar refractivity (Wildman–Crippen MR) is 66.4 cm³/mol. The second-order valence-electron chi connectivity index (χ2n) is 2.81. The fourth-order valence-corrected chi connectivity index (χ4v) is 1.50. The molecule has 0 amide bonds. The zero-order valence-corrected chi connectivity index (χ0v) is 9.99. The first-order valence-electron chi connectivity index (χ1n) is 4.21. The van der Waals surface area contributed by atoms with Gasteiger partial charge in [0.25, 0.3) is 0 Å². The lowest BCUT2D eigenvalue weighted by molar-refractivity contribution is 1.43. The number of nitriles is 1. The molecule has 1 rings (SSSR count). The average molecular weight is 240 g/mol. The Labute approximate surface area is 98.2 Å². The van der Waals surface area contributed by atoms with E-state index < -0.39 is 0 Å². The lowest BCUT2D eigenvalue weighted by atomic mass is 10.2. The Hall–Kier alpha value is -1.18. The van der Waals surface area contributed by atoms with E-state index in [9.17, 15) is 0 Å². The largest absolute Gasteiger partial charge is 0.334 e. The van der Waals surface area contributed by atoms with Crippen molar-refractivity contribution in [2.24, 2.45) is 4.99 Å². The van der Waals surface area contributed by atoms with Gasteiger partial charge in [-0.1, -0.05) is 29.4 Å². The summed E-state index contributed by atoms with van der Waals surface area (Å²) in [6, 6.07) is 5.61. The third-order valence-electron chi connectivity index (χ3n) is 1.77. The zero-order chi connectivity index (χ0) is 11.3. The Morgan fingerprint density at radius 1 is 1.60 bits per heavy atom. The van der Waals surface area contributed by atoms with E-state index in [0.717, 1.165) is 11.3 Å². The van der Waals surface area contributed by atoms with E-state index in [1.54, 1.807) is 12.3 Å². The summed E-state index contributed by atoms with van der Waals surface area (Å²) in [7, 11) is 0. The molecule has 5 heteroatoms. The van der Waals surface area contributed by atoms with Crippen LogP contribution < -0.4 is 5.32 Å². The van der Waals surface area contributed by atoms with Gasteiger partial charge in [-0.15, -0.1) is 4.99 Å². The number of nitrogens with one attached hydrogen (secondary N) is 1. The number of nitrogens with zero attached hydrogens (tertiary/aromatic N) is 2. The van der Waals surface area contributed by atoms with Crippen LogP contribution in [0.25, 0.3) is 0 Å². The molecule has 0 saturated carbocycles. The number of halogens is 1. The van der Waals surface area contributed by atoms with Crippen molar-refractivity contribution in [2.45, 2.75) is 6.92 Å². The van der Waals surface area contributed by atoms with E-state index in [0.29, 0.717) is 10.2 Å². The van der Waals surface area contributed by atoms with Crippen LogP contribution in [-0.4, -0.2) is 11.4 Å². The normalized spacial score (nSPS) is 10.9. The summed E-state index contributed by atoms with van der Waals surface area (Å²) in [4.78, 5) is 3.62. The number of hydrogen-bond donors (Lipinski definition) is 1. The molecule has 0 saturated heterocycles. The number of aryl methyl sites for hydroxylation is 1. The van der Waals surface area contributed by atoms with Crippen molar-refractivity contribution in [3.63, 3.8) is 0 Å². The summed E-state index contributed by atoms with van der Waals surface area (Å²) in [6.45, 7) is 1.94. The maximum absolute atomic E-state index is 8.43. The maximum Gasteiger partial charge on any atom is 0.208 e. The monoisotopic (exact) mass is 239 g/mol. The van der Waals surface area contributed by atoms with E-state index in [1.165, 1.54) is 11.8 Å². The molecule has 0 unspecified atom stereocenters. The van der Waals surface area contributed by atoms with Crippen molar-refractivity contribution in [1.82, 2.24) is 0 Å². The summed E-state index contributed by atoms with van der Waals surface area (Å²) in [5.41, 5.74) is 1.85. The van der Waals surface area contributed by atoms with E-state index in [-0.39, 0.29) is 0 Å². The molecule has 1 aromatic rings. The van der Waals surface area contributed by atoms with Crippen LogP contribution in [0.15, 0.2) is 23.2 Å². The van der Waals surface area contributed by atoms with Crippen LogP contribution in [0.4, 0.5) is 5.69 Å². The van der Waals surface area contributed by atoms with E-state index in [2.05, 4.69) is 10.3 Å². The van der Waals surface area contributed by atoms with Gasteiger partial charge < -0.3 is 5.32 Å². The molecule has 0 fully saturated rings. The molecule has 0 atom stereocenters. The highest BCUT2D eigenvalue weighted by Crippen LogP contribution is 2.20. The van der Waals surface area contributed by atoms with Crippen molar-refractivity contribution in [3.8, 4) is 6.19 Å². The summed E-state index contributed by atoms with van der Waals surface area (Å²) in [5.74, 6) is 0. The van der Waals surface area contributed by atoms with Crippen molar-refractivity contribution in [3.05, 3.63) is 28.8 Å². The fraction of sp³-hybridized carbons (Fsp3) is 0.200. The number of thioether (sulfide) groups is 1. The molecule has 1 aromatic carbocycles. The summed E-state index contributed by atoms with van der Waals surface area (Å²) in [5, 5.41) is 12.7. The van der Waals surface area contributed by atoms with Gasteiger partial charge in [-0.2, -0.15) is 5.26 Å². The average Bonchev–Trinajstić information content (AvgIpc) is 2.23. The summed E-state index contributed by atoms with van der Waals surface area (Å²) >= 11 is 7.34. The zero-order valence-electron chi connectivity index (χ0n) is 8.41. The van der Waals surface area contributed by atoms with Gasteiger partial charge in [0.1, 0.15) is 0 Å². The number of rotatable bonds is 1. The Morgan fingerprint density at radius 2 is 2.33 bits per heavy atom. The van der Waals surface area contributed by atoms with Crippen LogP contribution >= 0.6 is 23.4 Å². The van der Waals surface area contributed by atoms with Crippen LogP contribution in [-0.2, 0) is 0 Å². The molecule has 0 bridgehead atoms. The number of aliphatic imine (C=N–C) groups is 1. The molecule has 15 heavy (non-hydrogen) atoms. The molecule has 1 N–H and O–H groups in total. The molecule has 0 spiro atoms. The predicted octanol–water partition coefficient (Wildman–Crippen LogP) is 3.26. The maximum atomic E-state index is 8.43. The molecule has 0 aliphatic heterocycles. The lowest BCUT2D eigenvalue weighted by Crippen LogP contribution is -2.06. The number of benzene rings is 1. The number of anilines is 1.